The van der Waals surface area contributed by atoms with E-state index >= 15 is 4.39 Å². The van der Waals surface area contributed by atoms with Crippen molar-refractivity contribution in [3.63, 3.8) is 0 Å². The van der Waals surface area contributed by atoms with Crippen LogP contribution in [0, 0.1) is 17.5 Å². The Labute approximate surface area is 198 Å². The number of rotatable bonds is 5. The first-order valence-corrected chi connectivity index (χ1v) is 10.6. The summed E-state index contributed by atoms with van der Waals surface area (Å²) in [4.78, 5) is 20.8. The Kier molecular flexibility index (Phi) is 5.98. The molecule has 0 spiro atoms. The fourth-order valence-corrected chi connectivity index (χ4v) is 4.03. The van der Waals surface area contributed by atoms with E-state index in [0.717, 1.165) is 24.4 Å². The van der Waals surface area contributed by atoms with Crippen LogP contribution in [0.4, 0.5) is 32.2 Å². The molecule has 2 aliphatic heterocycles. The molecule has 0 bridgehead atoms. The molecule has 2 aliphatic rings. The van der Waals surface area contributed by atoms with E-state index in [1.54, 1.807) is 4.90 Å². The van der Waals surface area contributed by atoms with E-state index in [4.69, 9.17) is 14.2 Å². The standard InChI is InChI=1S/C22H16F6N4O4/c23-14-5-11(6-15(24)18(14)36-13-1-2-29-16(7-13)22(26,27)28)9-35-19-17(25)20-31-3-4-34-10-12(31)8-32(20)21(33)30-19/h1-2,5-7,12H,3-4,8-10H2. The minimum absolute atomic E-state index is 0.00925. The van der Waals surface area contributed by atoms with Crippen LogP contribution in [0.5, 0.6) is 17.4 Å². The van der Waals surface area contributed by atoms with Crippen LogP contribution in [0.2, 0.25) is 0 Å². The van der Waals surface area contributed by atoms with E-state index in [-0.39, 0.29) is 24.0 Å². The maximum Gasteiger partial charge on any atom is 0.433 e. The Morgan fingerprint density at radius 1 is 1.14 bits per heavy atom. The number of benzene rings is 1. The summed E-state index contributed by atoms with van der Waals surface area (Å²) in [5, 5.41) is 0. The van der Waals surface area contributed by atoms with Crippen molar-refractivity contribution < 1.29 is 40.6 Å². The lowest BCUT2D eigenvalue weighted by molar-refractivity contribution is -0.141. The van der Waals surface area contributed by atoms with Gasteiger partial charge in [-0.15, -0.1) is 0 Å². The second kappa shape index (κ2) is 9.00. The molecule has 1 aromatic carbocycles. The molecule has 8 nitrogen and oxygen atoms in total. The fourth-order valence-electron chi connectivity index (χ4n) is 4.03. The molecule has 0 amide bonds. The molecule has 0 saturated carbocycles. The highest BCUT2D eigenvalue weighted by Gasteiger charge is 2.37. The Morgan fingerprint density at radius 2 is 1.89 bits per heavy atom. The Hall–Kier alpha value is -3.81. The first kappa shape index (κ1) is 23.9. The van der Waals surface area contributed by atoms with E-state index in [9.17, 15) is 26.7 Å². The highest BCUT2D eigenvalue weighted by molar-refractivity contribution is 5.49. The molecule has 0 aliphatic carbocycles. The monoisotopic (exact) mass is 514 g/mol. The highest BCUT2D eigenvalue weighted by atomic mass is 19.4. The summed E-state index contributed by atoms with van der Waals surface area (Å²) in [6.45, 7) is 0.691. The third-order valence-corrected chi connectivity index (χ3v) is 5.64. The summed E-state index contributed by atoms with van der Waals surface area (Å²) < 4.78 is 99.4. The van der Waals surface area contributed by atoms with Crippen LogP contribution >= 0.6 is 0 Å². The van der Waals surface area contributed by atoms with E-state index in [1.165, 1.54) is 4.57 Å². The zero-order chi connectivity index (χ0) is 25.6. The molecular formula is C22H16F6N4O4. The van der Waals surface area contributed by atoms with Crippen molar-refractivity contribution >= 4 is 5.82 Å². The van der Waals surface area contributed by atoms with Gasteiger partial charge in [-0.1, -0.05) is 0 Å². The largest absolute Gasteiger partial charge is 0.471 e. The number of hydrogen-bond acceptors (Lipinski definition) is 7. The van der Waals surface area contributed by atoms with Gasteiger partial charge in [0.1, 0.15) is 18.1 Å². The molecule has 14 heteroatoms. The van der Waals surface area contributed by atoms with Crippen molar-refractivity contribution in [3.05, 3.63) is 69.7 Å². The van der Waals surface area contributed by atoms with Gasteiger partial charge in [0.25, 0.3) is 5.88 Å². The molecule has 190 valence electrons. The second-order valence-corrected chi connectivity index (χ2v) is 8.02. The number of anilines is 1. The van der Waals surface area contributed by atoms with Gasteiger partial charge in [0.05, 0.1) is 25.8 Å². The predicted molar refractivity (Wildman–Crippen MR) is 110 cm³/mol. The van der Waals surface area contributed by atoms with E-state index in [0.29, 0.717) is 25.8 Å². The number of pyridine rings is 1. The number of aromatic nitrogens is 3. The lowest BCUT2D eigenvalue weighted by Crippen LogP contribution is -2.43. The molecule has 3 aromatic rings. The maximum atomic E-state index is 15.1. The first-order chi connectivity index (χ1) is 17.1. The molecule has 2 aromatic heterocycles. The molecule has 1 saturated heterocycles. The third kappa shape index (κ3) is 4.43. The molecule has 1 atom stereocenters. The molecule has 1 unspecified atom stereocenters. The van der Waals surface area contributed by atoms with Crippen LogP contribution in [0.3, 0.4) is 0 Å². The number of fused-ring (bicyclic) bond motifs is 3. The number of ether oxygens (including phenoxy) is 3. The van der Waals surface area contributed by atoms with Gasteiger partial charge >= 0.3 is 11.9 Å². The minimum atomic E-state index is -4.77. The highest BCUT2D eigenvalue weighted by Crippen LogP contribution is 2.34. The molecular weight excluding hydrogens is 498 g/mol. The van der Waals surface area contributed by atoms with E-state index < -0.39 is 59.0 Å². The molecule has 0 N–H and O–H groups in total. The van der Waals surface area contributed by atoms with Crippen molar-refractivity contribution in [2.45, 2.75) is 25.4 Å². The Morgan fingerprint density at radius 3 is 2.61 bits per heavy atom. The van der Waals surface area contributed by atoms with Gasteiger partial charge in [-0.05, 0) is 23.8 Å². The van der Waals surface area contributed by atoms with Crippen LogP contribution in [-0.4, -0.2) is 40.3 Å². The summed E-state index contributed by atoms with van der Waals surface area (Å²) >= 11 is 0. The van der Waals surface area contributed by atoms with E-state index in [2.05, 4.69) is 9.97 Å². The number of alkyl halides is 3. The van der Waals surface area contributed by atoms with Gasteiger partial charge in [-0.25, -0.2) is 13.6 Å². The van der Waals surface area contributed by atoms with Crippen molar-refractivity contribution in [1.82, 2.24) is 14.5 Å². The summed E-state index contributed by atoms with van der Waals surface area (Å²) in [5.74, 6) is -5.42. The number of morpholine rings is 1. The Bertz CT molecular complexity index is 1360. The first-order valence-electron chi connectivity index (χ1n) is 10.6. The number of halogens is 6. The molecule has 0 radical (unpaired) electrons. The van der Waals surface area contributed by atoms with Crippen LogP contribution in [-0.2, 0) is 24.1 Å². The SMILES string of the molecule is O=c1nc(OCc2cc(F)c(Oc3ccnc(C(F)(F)F)c3)c(F)c2)c(F)c2n1CC1COCCN21. The number of hydrogen-bond donors (Lipinski definition) is 0. The van der Waals surface area contributed by atoms with Gasteiger partial charge in [0.2, 0.25) is 5.82 Å². The zero-order valence-electron chi connectivity index (χ0n) is 18.2. The zero-order valence-corrected chi connectivity index (χ0v) is 18.2. The maximum absolute atomic E-state index is 15.1. The summed E-state index contributed by atoms with van der Waals surface area (Å²) in [7, 11) is 0. The van der Waals surface area contributed by atoms with Crippen LogP contribution < -0.4 is 20.1 Å². The van der Waals surface area contributed by atoms with Crippen molar-refractivity contribution in [1.29, 1.82) is 0 Å². The van der Waals surface area contributed by atoms with Gasteiger partial charge in [-0.2, -0.15) is 22.5 Å². The lowest BCUT2D eigenvalue weighted by atomic mass is 10.2. The minimum Gasteiger partial charge on any atom is -0.471 e. The topological polar surface area (TPSA) is 78.7 Å². The van der Waals surface area contributed by atoms with Gasteiger partial charge in [-0.3, -0.25) is 9.55 Å². The lowest BCUT2D eigenvalue weighted by Gasteiger charge is -2.30. The van der Waals surface area contributed by atoms with Crippen molar-refractivity contribution in [2.75, 3.05) is 24.7 Å². The molecule has 1 fully saturated rings. The molecule has 4 heterocycles. The van der Waals surface area contributed by atoms with Crippen LogP contribution in [0.15, 0.2) is 35.3 Å². The summed E-state index contributed by atoms with van der Waals surface area (Å²) in [6.07, 6.45) is -3.99. The fraction of sp³-hybridized carbons (Fsp3) is 0.318. The van der Waals surface area contributed by atoms with Gasteiger partial charge < -0.3 is 19.1 Å². The smallest absolute Gasteiger partial charge is 0.433 e. The van der Waals surface area contributed by atoms with Crippen LogP contribution in [0.25, 0.3) is 0 Å². The average molecular weight is 514 g/mol. The average Bonchev–Trinajstić information content (AvgIpc) is 3.23. The van der Waals surface area contributed by atoms with E-state index in [1.807, 2.05) is 0 Å². The van der Waals surface area contributed by atoms with Crippen LogP contribution in [0.1, 0.15) is 11.3 Å². The number of nitrogens with zero attached hydrogens (tertiary/aromatic N) is 4. The van der Waals surface area contributed by atoms with Crippen molar-refractivity contribution in [3.8, 4) is 17.4 Å². The van der Waals surface area contributed by atoms with Crippen molar-refractivity contribution in [2.24, 2.45) is 0 Å². The Balaban J connectivity index is 1.35. The van der Waals surface area contributed by atoms with Gasteiger partial charge in [0, 0.05) is 18.8 Å². The van der Waals surface area contributed by atoms with Gasteiger partial charge in [0.15, 0.2) is 23.2 Å². The molecule has 5 rings (SSSR count). The third-order valence-electron chi connectivity index (χ3n) is 5.64. The normalized spacial score (nSPS) is 17.1. The predicted octanol–water partition coefficient (Wildman–Crippen LogP) is 3.66. The quantitative estimate of drug-likeness (QED) is 0.481. The summed E-state index contributed by atoms with van der Waals surface area (Å²) in [6, 6.07) is 2.89. The molecule has 36 heavy (non-hydrogen) atoms. The second-order valence-electron chi connectivity index (χ2n) is 8.02. The summed E-state index contributed by atoms with van der Waals surface area (Å²) in [5.41, 5.74) is -2.14.